The van der Waals surface area contributed by atoms with Crippen LogP contribution in [0.25, 0.3) is 5.57 Å². The lowest BCUT2D eigenvalue weighted by atomic mass is 9.84. The van der Waals surface area contributed by atoms with Crippen molar-refractivity contribution in [1.82, 2.24) is 0 Å². The summed E-state index contributed by atoms with van der Waals surface area (Å²) in [7, 11) is 5.64. The van der Waals surface area contributed by atoms with E-state index in [0.717, 1.165) is 23.9 Å². The lowest BCUT2D eigenvalue weighted by Gasteiger charge is -2.12. The van der Waals surface area contributed by atoms with Gasteiger partial charge in [0, 0.05) is 5.56 Å². The van der Waals surface area contributed by atoms with Gasteiger partial charge < -0.3 is 0 Å². The summed E-state index contributed by atoms with van der Waals surface area (Å²) >= 11 is 0. The zero-order chi connectivity index (χ0) is 9.97. The first-order valence-electron chi connectivity index (χ1n) is 4.67. The van der Waals surface area contributed by atoms with E-state index in [1.807, 2.05) is 18.2 Å². The van der Waals surface area contributed by atoms with Crippen molar-refractivity contribution in [1.29, 1.82) is 0 Å². The Morgan fingerprint density at radius 1 is 1.07 bits per heavy atom. The molecule has 0 N–H and O–H groups in total. The monoisotopic (exact) mass is 184 g/mol. The molecule has 0 aromatic heterocycles. The summed E-state index contributed by atoms with van der Waals surface area (Å²) in [6.45, 7) is 0. The summed E-state index contributed by atoms with van der Waals surface area (Å²) in [6, 6.07) is 6.84. The number of hydrogen-bond donors (Lipinski definition) is 0. The molecule has 0 saturated heterocycles. The predicted molar refractivity (Wildman–Crippen MR) is 57.4 cm³/mol. The molecule has 68 valence electrons. The standard InChI is InChI=1S/C12H10BF/c13-10-7-5-9(6-8-10)11-3-1-2-4-12(11)14/h1-5,7H,6,8H2. The molecule has 0 heterocycles. The van der Waals surface area contributed by atoms with E-state index in [4.69, 9.17) is 7.85 Å². The maximum absolute atomic E-state index is 13.4. The molecule has 2 radical (unpaired) electrons. The first kappa shape index (κ1) is 9.26. The summed E-state index contributed by atoms with van der Waals surface area (Å²) in [4.78, 5) is 0. The second kappa shape index (κ2) is 3.83. The average molecular weight is 184 g/mol. The molecule has 0 saturated carbocycles. The first-order valence-corrected chi connectivity index (χ1v) is 4.67. The minimum atomic E-state index is -0.160. The van der Waals surface area contributed by atoms with Crippen molar-refractivity contribution < 1.29 is 4.39 Å². The minimum absolute atomic E-state index is 0.160. The van der Waals surface area contributed by atoms with Gasteiger partial charge in [0.05, 0.1) is 0 Å². The van der Waals surface area contributed by atoms with Crippen molar-refractivity contribution in [3.63, 3.8) is 0 Å². The van der Waals surface area contributed by atoms with E-state index in [-0.39, 0.29) is 5.82 Å². The highest BCUT2D eigenvalue weighted by molar-refractivity contribution is 6.22. The van der Waals surface area contributed by atoms with Gasteiger partial charge in [0.25, 0.3) is 0 Å². The highest BCUT2D eigenvalue weighted by Crippen LogP contribution is 2.27. The van der Waals surface area contributed by atoms with Crippen LogP contribution in [0.4, 0.5) is 4.39 Å². The van der Waals surface area contributed by atoms with Crippen molar-refractivity contribution in [3.8, 4) is 0 Å². The molecular weight excluding hydrogens is 174 g/mol. The Kier molecular flexibility index (Phi) is 2.53. The van der Waals surface area contributed by atoms with Crippen LogP contribution in [-0.4, -0.2) is 7.85 Å². The number of allylic oxidation sites excluding steroid dienone is 4. The number of halogens is 1. The zero-order valence-electron chi connectivity index (χ0n) is 7.83. The fraction of sp³-hybridized carbons (Fsp3) is 0.167. The predicted octanol–water partition coefficient (Wildman–Crippen LogP) is 3.06. The second-order valence-electron chi connectivity index (χ2n) is 3.41. The molecule has 0 fully saturated rings. The molecular formula is C12H10BF. The molecule has 0 unspecified atom stereocenters. The topological polar surface area (TPSA) is 0 Å². The highest BCUT2D eigenvalue weighted by atomic mass is 19.1. The smallest absolute Gasteiger partial charge is 0.130 e. The van der Waals surface area contributed by atoms with Crippen molar-refractivity contribution in [2.24, 2.45) is 0 Å². The van der Waals surface area contributed by atoms with Crippen LogP contribution in [0, 0.1) is 5.82 Å². The van der Waals surface area contributed by atoms with Crippen LogP contribution < -0.4 is 0 Å². The molecule has 0 nitrogen and oxygen atoms in total. The molecule has 1 aliphatic rings. The molecule has 0 aliphatic heterocycles. The SMILES string of the molecule is [B]C1=CC=C(c2ccccc2F)CC1. The van der Waals surface area contributed by atoms with Gasteiger partial charge in [-0.2, -0.15) is 0 Å². The Morgan fingerprint density at radius 2 is 1.86 bits per heavy atom. The Balaban J connectivity index is 2.37. The van der Waals surface area contributed by atoms with Gasteiger partial charge in [-0.05, 0) is 24.5 Å². The second-order valence-corrected chi connectivity index (χ2v) is 3.41. The van der Waals surface area contributed by atoms with E-state index in [2.05, 4.69) is 0 Å². The van der Waals surface area contributed by atoms with Gasteiger partial charge in [-0.25, -0.2) is 4.39 Å². The largest absolute Gasteiger partial charge is 0.206 e. The third kappa shape index (κ3) is 1.79. The zero-order valence-corrected chi connectivity index (χ0v) is 7.83. The third-order valence-corrected chi connectivity index (χ3v) is 2.40. The van der Waals surface area contributed by atoms with Crippen LogP contribution in [0.2, 0.25) is 0 Å². The molecule has 1 aromatic carbocycles. The van der Waals surface area contributed by atoms with Gasteiger partial charge in [-0.3, -0.25) is 0 Å². The Labute approximate surface area is 84.6 Å². The fourth-order valence-corrected chi connectivity index (χ4v) is 1.60. The van der Waals surface area contributed by atoms with Crippen LogP contribution in [0.5, 0.6) is 0 Å². The van der Waals surface area contributed by atoms with Crippen LogP contribution >= 0.6 is 0 Å². The number of benzene rings is 1. The van der Waals surface area contributed by atoms with Crippen molar-refractivity contribution in [2.75, 3.05) is 0 Å². The van der Waals surface area contributed by atoms with Gasteiger partial charge in [-0.15, -0.1) is 5.47 Å². The Bertz CT molecular complexity index is 405. The van der Waals surface area contributed by atoms with Crippen molar-refractivity contribution >= 4 is 13.4 Å². The number of rotatable bonds is 1. The summed E-state index contributed by atoms with van der Waals surface area (Å²) in [5.74, 6) is -0.160. The molecule has 1 aromatic rings. The van der Waals surface area contributed by atoms with E-state index in [1.54, 1.807) is 12.1 Å². The van der Waals surface area contributed by atoms with Crippen LogP contribution in [0.1, 0.15) is 18.4 Å². The number of hydrogen-bond acceptors (Lipinski definition) is 0. The van der Waals surface area contributed by atoms with E-state index >= 15 is 0 Å². The maximum Gasteiger partial charge on any atom is 0.130 e. The minimum Gasteiger partial charge on any atom is -0.206 e. The maximum atomic E-state index is 13.4. The van der Waals surface area contributed by atoms with Gasteiger partial charge in [0.1, 0.15) is 13.7 Å². The fourth-order valence-electron chi connectivity index (χ4n) is 1.60. The molecule has 2 heteroatoms. The third-order valence-electron chi connectivity index (χ3n) is 2.40. The quantitative estimate of drug-likeness (QED) is 0.588. The molecule has 0 atom stereocenters. The first-order chi connectivity index (χ1) is 6.77. The summed E-state index contributed by atoms with van der Waals surface area (Å²) in [5.41, 5.74) is 2.58. The van der Waals surface area contributed by atoms with Gasteiger partial charge in [0.2, 0.25) is 0 Å². The van der Waals surface area contributed by atoms with Gasteiger partial charge in [-0.1, -0.05) is 30.4 Å². The van der Waals surface area contributed by atoms with E-state index in [9.17, 15) is 4.39 Å². The Hall–Kier alpha value is -1.31. The Morgan fingerprint density at radius 3 is 2.50 bits per heavy atom. The van der Waals surface area contributed by atoms with E-state index in [0.29, 0.717) is 5.56 Å². The van der Waals surface area contributed by atoms with Gasteiger partial charge in [0.15, 0.2) is 0 Å². The van der Waals surface area contributed by atoms with Crippen LogP contribution in [0.3, 0.4) is 0 Å². The summed E-state index contributed by atoms with van der Waals surface area (Å²) in [6.07, 6.45) is 5.39. The van der Waals surface area contributed by atoms with Crippen molar-refractivity contribution in [2.45, 2.75) is 12.8 Å². The molecule has 0 spiro atoms. The molecule has 0 bridgehead atoms. The van der Waals surface area contributed by atoms with E-state index in [1.165, 1.54) is 6.07 Å². The molecule has 14 heavy (non-hydrogen) atoms. The van der Waals surface area contributed by atoms with Gasteiger partial charge >= 0.3 is 0 Å². The highest BCUT2D eigenvalue weighted by Gasteiger charge is 2.08. The summed E-state index contributed by atoms with van der Waals surface area (Å²) < 4.78 is 13.4. The van der Waals surface area contributed by atoms with Crippen LogP contribution in [-0.2, 0) is 0 Å². The summed E-state index contributed by atoms with van der Waals surface area (Å²) in [5, 5.41) is 0. The molecule has 2 rings (SSSR count). The lowest BCUT2D eigenvalue weighted by molar-refractivity contribution is 0.623. The van der Waals surface area contributed by atoms with Crippen LogP contribution in [0.15, 0.2) is 41.9 Å². The average Bonchev–Trinajstić information content (AvgIpc) is 2.20. The van der Waals surface area contributed by atoms with E-state index < -0.39 is 0 Å². The lowest BCUT2D eigenvalue weighted by Crippen LogP contribution is -1.95. The molecule has 1 aliphatic carbocycles. The molecule has 0 amide bonds. The normalized spacial score (nSPS) is 16.1. The van der Waals surface area contributed by atoms with Crippen molar-refractivity contribution in [3.05, 3.63) is 53.3 Å².